The van der Waals surface area contributed by atoms with Crippen LogP contribution in [0, 0.1) is 0 Å². The van der Waals surface area contributed by atoms with Crippen LogP contribution in [0.4, 0.5) is 0 Å². The smallest absolute Gasteiger partial charge is 0.224 e. The van der Waals surface area contributed by atoms with E-state index in [1.54, 1.807) is 0 Å². The van der Waals surface area contributed by atoms with Gasteiger partial charge < -0.3 is 10.6 Å². The largest absolute Gasteiger partial charge is 0.341 e. The molecule has 1 saturated heterocycles. The molecule has 0 aromatic rings. The lowest BCUT2D eigenvalue weighted by molar-refractivity contribution is -0.132. The minimum absolute atomic E-state index is 0.207. The monoisotopic (exact) mass is 270 g/mol. The summed E-state index contributed by atoms with van der Waals surface area (Å²) in [5.41, 5.74) is 6.17. The summed E-state index contributed by atoms with van der Waals surface area (Å²) in [4.78, 5) is 14.4. The van der Waals surface area contributed by atoms with Gasteiger partial charge in [-0.05, 0) is 19.3 Å². The molecule has 2 rings (SSSR count). The van der Waals surface area contributed by atoms with Crippen molar-refractivity contribution in [2.75, 3.05) is 18.8 Å². The molecular formula is C14H26N2OS. The van der Waals surface area contributed by atoms with Gasteiger partial charge in [-0.3, -0.25) is 4.79 Å². The van der Waals surface area contributed by atoms with Gasteiger partial charge in [0.2, 0.25) is 5.91 Å². The summed E-state index contributed by atoms with van der Waals surface area (Å²) >= 11 is 2.00. The average molecular weight is 270 g/mol. The van der Waals surface area contributed by atoms with E-state index in [1.807, 2.05) is 16.7 Å². The van der Waals surface area contributed by atoms with E-state index in [0.29, 0.717) is 11.7 Å². The molecule has 1 heterocycles. The van der Waals surface area contributed by atoms with Crippen molar-refractivity contribution < 1.29 is 4.79 Å². The van der Waals surface area contributed by atoms with Crippen molar-refractivity contribution in [2.45, 2.75) is 62.7 Å². The normalized spacial score (nSPS) is 28.1. The Morgan fingerprint density at radius 3 is 2.78 bits per heavy atom. The molecule has 4 heteroatoms. The van der Waals surface area contributed by atoms with Crippen LogP contribution in [-0.2, 0) is 4.79 Å². The lowest BCUT2D eigenvalue weighted by Gasteiger charge is -2.37. The van der Waals surface area contributed by atoms with Gasteiger partial charge in [-0.1, -0.05) is 26.2 Å². The van der Waals surface area contributed by atoms with Crippen LogP contribution >= 0.6 is 11.8 Å². The zero-order valence-electron chi connectivity index (χ0n) is 11.5. The maximum absolute atomic E-state index is 12.4. The Balaban J connectivity index is 1.86. The second-order valence-corrected chi connectivity index (χ2v) is 7.25. The van der Waals surface area contributed by atoms with Gasteiger partial charge in [-0.25, -0.2) is 0 Å². The summed E-state index contributed by atoms with van der Waals surface area (Å²) in [6, 6.07) is 0. The van der Waals surface area contributed by atoms with E-state index in [1.165, 1.54) is 19.3 Å². The SMILES string of the molecule is CCC1CN(C(=O)CC2(N)CCCCC2)CCS1. The van der Waals surface area contributed by atoms with E-state index in [4.69, 9.17) is 5.73 Å². The first-order valence-electron chi connectivity index (χ1n) is 7.31. The van der Waals surface area contributed by atoms with Crippen LogP contribution in [0.2, 0.25) is 0 Å². The summed E-state index contributed by atoms with van der Waals surface area (Å²) in [6.45, 7) is 4.05. The zero-order chi connectivity index (χ0) is 13.0. The third-order valence-electron chi connectivity index (χ3n) is 4.30. The molecule has 0 radical (unpaired) electrons. The average Bonchev–Trinajstić information content (AvgIpc) is 2.39. The number of nitrogens with zero attached hydrogens (tertiary/aromatic N) is 1. The Morgan fingerprint density at radius 2 is 2.11 bits per heavy atom. The fraction of sp³-hybridized carbons (Fsp3) is 0.929. The van der Waals surface area contributed by atoms with Crippen molar-refractivity contribution in [2.24, 2.45) is 5.73 Å². The third kappa shape index (κ3) is 3.64. The predicted molar refractivity (Wildman–Crippen MR) is 77.7 cm³/mol. The van der Waals surface area contributed by atoms with Crippen LogP contribution in [0.15, 0.2) is 0 Å². The number of hydrogen-bond donors (Lipinski definition) is 1. The van der Waals surface area contributed by atoms with E-state index in [2.05, 4.69) is 6.92 Å². The number of hydrogen-bond acceptors (Lipinski definition) is 3. The van der Waals surface area contributed by atoms with Crippen molar-refractivity contribution in [1.82, 2.24) is 4.90 Å². The predicted octanol–water partition coefficient (Wildman–Crippen LogP) is 2.39. The van der Waals surface area contributed by atoms with Gasteiger partial charge in [0, 0.05) is 36.1 Å². The van der Waals surface area contributed by atoms with Crippen LogP contribution in [-0.4, -0.2) is 40.4 Å². The molecule has 18 heavy (non-hydrogen) atoms. The highest BCUT2D eigenvalue weighted by molar-refractivity contribution is 8.00. The first kappa shape index (κ1) is 14.2. The van der Waals surface area contributed by atoms with Crippen LogP contribution < -0.4 is 5.73 Å². The summed E-state index contributed by atoms with van der Waals surface area (Å²) in [7, 11) is 0. The molecule has 1 saturated carbocycles. The molecule has 1 aliphatic heterocycles. The summed E-state index contributed by atoms with van der Waals surface area (Å²) in [5, 5.41) is 0.628. The molecule has 1 amide bonds. The highest BCUT2D eigenvalue weighted by atomic mass is 32.2. The fourth-order valence-electron chi connectivity index (χ4n) is 3.04. The molecule has 1 aliphatic carbocycles. The van der Waals surface area contributed by atoms with Crippen molar-refractivity contribution in [3.63, 3.8) is 0 Å². The molecule has 0 spiro atoms. The van der Waals surface area contributed by atoms with E-state index in [0.717, 1.165) is 38.1 Å². The van der Waals surface area contributed by atoms with Crippen molar-refractivity contribution in [1.29, 1.82) is 0 Å². The van der Waals surface area contributed by atoms with Gasteiger partial charge in [-0.2, -0.15) is 11.8 Å². The van der Waals surface area contributed by atoms with Gasteiger partial charge in [0.25, 0.3) is 0 Å². The molecular weight excluding hydrogens is 244 g/mol. The Morgan fingerprint density at radius 1 is 1.39 bits per heavy atom. The lowest BCUT2D eigenvalue weighted by atomic mass is 9.80. The number of thioether (sulfide) groups is 1. The number of carbonyl (C=O) groups excluding carboxylic acids is 1. The van der Waals surface area contributed by atoms with Gasteiger partial charge >= 0.3 is 0 Å². The maximum Gasteiger partial charge on any atom is 0.224 e. The van der Waals surface area contributed by atoms with Crippen LogP contribution in [0.5, 0.6) is 0 Å². The van der Waals surface area contributed by atoms with Crippen LogP contribution in [0.1, 0.15) is 51.9 Å². The van der Waals surface area contributed by atoms with Crippen LogP contribution in [0.3, 0.4) is 0 Å². The second-order valence-electron chi connectivity index (χ2n) is 5.84. The Bertz CT molecular complexity index is 290. The second kappa shape index (κ2) is 6.29. The zero-order valence-corrected chi connectivity index (χ0v) is 12.3. The molecule has 0 bridgehead atoms. The molecule has 0 aromatic carbocycles. The summed E-state index contributed by atoms with van der Waals surface area (Å²) in [5.74, 6) is 1.38. The van der Waals surface area contributed by atoms with E-state index in [9.17, 15) is 4.79 Å². The van der Waals surface area contributed by atoms with E-state index >= 15 is 0 Å². The Kier molecular flexibility index (Phi) is 4.96. The topological polar surface area (TPSA) is 46.3 Å². The first-order chi connectivity index (χ1) is 8.63. The number of rotatable bonds is 3. The highest BCUT2D eigenvalue weighted by Crippen LogP contribution is 2.30. The molecule has 1 atom stereocenters. The van der Waals surface area contributed by atoms with Gasteiger partial charge in [0.15, 0.2) is 0 Å². The first-order valence-corrected chi connectivity index (χ1v) is 8.36. The molecule has 2 fully saturated rings. The molecule has 0 aromatic heterocycles. The van der Waals surface area contributed by atoms with Crippen molar-refractivity contribution in [3.05, 3.63) is 0 Å². The highest BCUT2D eigenvalue weighted by Gasteiger charge is 2.33. The van der Waals surface area contributed by atoms with Gasteiger partial charge in [0.05, 0.1) is 0 Å². The van der Waals surface area contributed by atoms with Crippen molar-refractivity contribution >= 4 is 17.7 Å². The minimum Gasteiger partial charge on any atom is -0.341 e. The summed E-state index contributed by atoms with van der Waals surface area (Å²) < 4.78 is 0. The number of nitrogens with two attached hydrogens (primary N) is 1. The Labute approximate surface area is 115 Å². The molecule has 2 N–H and O–H groups in total. The Hall–Kier alpha value is -0.220. The molecule has 2 aliphatic rings. The lowest BCUT2D eigenvalue weighted by Crippen LogP contribution is -2.49. The standard InChI is InChI=1S/C14H26N2OS/c1-2-12-11-16(8-9-18-12)13(17)10-14(15)6-4-3-5-7-14/h12H,2-11,15H2,1H3. The van der Waals surface area contributed by atoms with Gasteiger partial charge in [0.1, 0.15) is 0 Å². The van der Waals surface area contributed by atoms with Crippen LogP contribution in [0.25, 0.3) is 0 Å². The minimum atomic E-state index is -0.207. The third-order valence-corrected chi connectivity index (χ3v) is 5.67. The van der Waals surface area contributed by atoms with Crippen molar-refractivity contribution in [3.8, 4) is 0 Å². The molecule has 104 valence electrons. The summed E-state index contributed by atoms with van der Waals surface area (Å²) in [6.07, 6.45) is 7.44. The molecule has 1 unspecified atom stereocenters. The quantitative estimate of drug-likeness (QED) is 0.856. The number of amides is 1. The maximum atomic E-state index is 12.4. The number of carbonyl (C=O) groups is 1. The fourth-order valence-corrected chi connectivity index (χ4v) is 4.22. The molecule has 3 nitrogen and oxygen atoms in total. The van der Waals surface area contributed by atoms with E-state index < -0.39 is 0 Å². The van der Waals surface area contributed by atoms with Gasteiger partial charge in [-0.15, -0.1) is 0 Å². The van der Waals surface area contributed by atoms with E-state index in [-0.39, 0.29) is 11.4 Å².